The molecule has 0 atom stereocenters. The number of carbonyl (C=O) groups excluding carboxylic acids is 1. The van der Waals surface area contributed by atoms with Gasteiger partial charge in [0.15, 0.2) is 11.5 Å². The van der Waals surface area contributed by atoms with Crippen molar-refractivity contribution < 1.29 is 19.0 Å². The first-order chi connectivity index (χ1) is 14.0. The molecular formula is C22H19Cl2NO4. The fourth-order valence-electron chi connectivity index (χ4n) is 2.76. The van der Waals surface area contributed by atoms with E-state index in [1.165, 1.54) is 0 Å². The highest BCUT2D eigenvalue weighted by molar-refractivity contribution is 6.35. The molecule has 5 nitrogen and oxygen atoms in total. The molecule has 3 aromatic carbocycles. The monoisotopic (exact) mass is 431 g/mol. The van der Waals surface area contributed by atoms with E-state index in [0.717, 1.165) is 5.56 Å². The van der Waals surface area contributed by atoms with E-state index in [2.05, 4.69) is 5.32 Å². The van der Waals surface area contributed by atoms with Crippen molar-refractivity contribution in [2.75, 3.05) is 19.5 Å². The molecule has 3 rings (SSSR count). The largest absolute Gasteiger partial charge is 0.496 e. The van der Waals surface area contributed by atoms with Crippen molar-refractivity contribution in [1.82, 2.24) is 0 Å². The zero-order chi connectivity index (χ0) is 20.8. The number of carbonyl (C=O) groups is 1. The van der Waals surface area contributed by atoms with Crippen LogP contribution < -0.4 is 19.5 Å². The van der Waals surface area contributed by atoms with E-state index in [4.69, 9.17) is 37.4 Å². The van der Waals surface area contributed by atoms with Crippen molar-refractivity contribution in [2.24, 2.45) is 0 Å². The summed E-state index contributed by atoms with van der Waals surface area (Å²) in [5.41, 5.74) is 1.67. The van der Waals surface area contributed by atoms with Gasteiger partial charge in [-0.2, -0.15) is 0 Å². The van der Waals surface area contributed by atoms with Gasteiger partial charge >= 0.3 is 0 Å². The summed E-state index contributed by atoms with van der Waals surface area (Å²) in [6.07, 6.45) is 0. The molecule has 0 unspecified atom stereocenters. The number of halogens is 2. The molecule has 0 radical (unpaired) electrons. The highest BCUT2D eigenvalue weighted by atomic mass is 35.5. The number of nitrogens with one attached hydrogen (secondary N) is 1. The van der Waals surface area contributed by atoms with Crippen LogP contribution in [0.1, 0.15) is 15.9 Å². The molecule has 0 fully saturated rings. The number of para-hydroxylation sites is 2. The lowest BCUT2D eigenvalue weighted by Gasteiger charge is -2.14. The van der Waals surface area contributed by atoms with Crippen LogP contribution in [0.15, 0.2) is 60.7 Å². The van der Waals surface area contributed by atoms with Crippen LogP contribution in [-0.2, 0) is 6.61 Å². The van der Waals surface area contributed by atoms with Crippen molar-refractivity contribution in [1.29, 1.82) is 0 Å². The molecule has 0 aliphatic rings. The molecule has 0 spiro atoms. The number of rotatable bonds is 7. The average molecular weight is 432 g/mol. The molecule has 0 aromatic heterocycles. The van der Waals surface area contributed by atoms with Gasteiger partial charge in [0, 0.05) is 26.9 Å². The predicted octanol–water partition coefficient (Wildman–Crippen LogP) is 5.84. The summed E-state index contributed by atoms with van der Waals surface area (Å²) in [4.78, 5) is 12.7. The van der Waals surface area contributed by atoms with Crippen LogP contribution in [0.4, 0.5) is 5.69 Å². The number of amides is 1. The number of methoxy groups -OCH3 is 2. The summed E-state index contributed by atoms with van der Waals surface area (Å²) in [7, 11) is 3.14. The lowest BCUT2D eigenvalue weighted by atomic mass is 10.1. The minimum Gasteiger partial charge on any atom is -0.496 e. The second-order valence-electron chi connectivity index (χ2n) is 6.08. The van der Waals surface area contributed by atoms with Crippen LogP contribution in [0.2, 0.25) is 10.0 Å². The summed E-state index contributed by atoms with van der Waals surface area (Å²) in [6, 6.07) is 17.3. The van der Waals surface area contributed by atoms with Crippen LogP contribution in [0.3, 0.4) is 0 Å². The summed E-state index contributed by atoms with van der Waals surface area (Å²) >= 11 is 12.0. The maximum Gasteiger partial charge on any atom is 0.255 e. The Hall–Kier alpha value is -2.89. The van der Waals surface area contributed by atoms with Crippen molar-refractivity contribution >= 4 is 34.8 Å². The van der Waals surface area contributed by atoms with Crippen molar-refractivity contribution in [2.45, 2.75) is 6.61 Å². The Bertz CT molecular complexity index is 1000. The highest BCUT2D eigenvalue weighted by Gasteiger charge is 2.13. The number of ether oxygens (including phenoxy) is 3. The topological polar surface area (TPSA) is 56.8 Å². The molecular weight excluding hydrogens is 413 g/mol. The van der Waals surface area contributed by atoms with Gasteiger partial charge in [-0.15, -0.1) is 0 Å². The Kier molecular flexibility index (Phi) is 6.86. The summed E-state index contributed by atoms with van der Waals surface area (Å²) < 4.78 is 16.6. The van der Waals surface area contributed by atoms with Gasteiger partial charge in [-0.1, -0.05) is 35.3 Å². The van der Waals surface area contributed by atoms with Crippen molar-refractivity contribution in [3.05, 3.63) is 81.8 Å². The fraction of sp³-hybridized carbons (Fsp3) is 0.136. The predicted molar refractivity (Wildman–Crippen MR) is 115 cm³/mol. The number of hydrogen-bond donors (Lipinski definition) is 1. The van der Waals surface area contributed by atoms with Crippen LogP contribution >= 0.6 is 23.2 Å². The van der Waals surface area contributed by atoms with E-state index in [1.807, 2.05) is 24.3 Å². The van der Waals surface area contributed by atoms with Crippen LogP contribution in [-0.4, -0.2) is 20.1 Å². The van der Waals surface area contributed by atoms with Gasteiger partial charge in [-0.05, 0) is 48.5 Å². The van der Waals surface area contributed by atoms with Gasteiger partial charge < -0.3 is 19.5 Å². The highest BCUT2D eigenvalue weighted by Crippen LogP contribution is 2.29. The normalized spacial score (nSPS) is 10.3. The smallest absolute Gasteiger partial charge is 0.255 e. The second kappa shape index (κ2) is 9.54. The third kappa shape index (κ3) is 5.34. The van der Waals surface area contributed by atoms with E-state index in [9.17, 15) is 4.79 Å². The van der Waals surface area contributed by atoms with Crippen LogP contribution in [0, 0.1) is 0 Å². The molecule has 3 aromatic rings. The van der Waals surface area contributed by atoms with Crippen LogP contribution in [0.25, 0.3) is 0 Å². The van der Waals surface area contributed by atoms with E-state index in [-0.39, 0.29) is 12.5 Å². The average Bonchev–Trinajstić information content (AvgIpc) is 2.71. The van der Waals surface area contributed by atoms with Crippen molar-refractivity contribution in [3.8, 4) is 17.2 Å². The zero-order valence-electron chi connectivity index (χ0n) is 15.9. The number of benzene rings is 3. The summed E-state index contributed by atoms with van der Waals surface area (Å²) in [6.45, 7) is 0.202. The Labute approximate surface area is 179 Å². The van der Waals surface area contributed by atoms with Gasteiger partial charge in [0.25, 0.3) is 5.91 Å². The first kappa shape index (κ1) is 20.8. The quantitative estimate of drug-likeness (QED) is 0.510. The first-order valence-electron chi connectivity index (χ1n) is 8.70. The van der Waals surface area contributed by atoms with Gasteiger partial charge in [0.1, 0.15) is 12.4 Å². The molecule has 7 heteroatoms. The maximum atomic E-state index is 12.7. The van der Waals surface area contributed by atoms with E-state index < -0.39 is 0 Å². The molecule has 0 aliphatic carbocycles. The van der Waals surface area contributed by atoms with Crippen LogP contribution in [0.5, 0.6) is 17.2 Å². The Morgan fingerprint density at radius 1 is 0.862 bits per heavy atom. The van der Waals surface area contributed by atoms with Gasteiger partial charge in [0.2, 0.25) is 0 Å². The number of anilines is 1. The molecule has 0 heterocycles. The summed E-state index contributed by atoms with van der Waals surface area (Å²) in [5, 5.41) is 3.66. The molecule has 29 heavy (non-hydrogen) atoms. The fourth-order valence-corrected chi connectivity index (χ4v) is 3.28. The zero-order valence-corrected chi connectivity index (χ0v) is 17.4. The lowest BCUT2D eigenvalue weighted by molar-refractivity contribution is 0.102. The van der Waals surface area contributed by atoms with E-state index >= 15 is 0 Å². The molecule has 0 saturated carbocycles. The lowest BCUT2D eigenvalue weighted by Crippen LogP contribution is -2.13. The third-order valence-corrected chi connectivity index (χ3v) is 4.55. The van der Waals surface area contributed by atoms with Gasteiger partial charge in [-0.25, -0.2) is 0 Å². The third-order valence-electron chi connectivity index (χ3n) is 4.12. The molecule has 1 amide bonds. The minimum atomic E-state index is -0.301. The van der Waals surface area contributed by atoms with E-state index in [1.54, 1.807) is 50.6 Å². The summed E-state index contributed by atoms with van der Waals surface area (Å²) in [5.74, 6) is 1.53. The molecule has 150 valence electrons. The van der Waals surface area contributed by atoms with Gasteiger partial charge in [-0.3, -0.25) is 4.79 Å². The maximum absolute atomic E-state index is 12.7. The molecule has 0 bridgehead atoms. The first-order valence-corrected chi connectivity index (χ1v) is 9.46. The minimum absolute atomic E-state index is 0.202. The van der Waals surface area contributed by atoms with E-state index in [0.29, 0.717) is 38.5 Å². The van der Waals surface area contributed by atoms with Gasteiger partial charge in [0.05, 0.1) is 14.2 Å². The standard InChI is InChI=1S/C22H19Cl2NO4/c1-27-19-8-7-14(22(26)25-18-11-16(23)10-17(24)12-18)9-15(19)13-29-21-6-4-3-5-20(21)28-2/h3-12H,13H2,1-2H3,(H,25,26). The molecule has 0 aliphatic heterocycles. The second-order valence-corrected chi connectivity index (χ2v) is 6.95. The Balaban J connectivity index is 1.79. The SMILES string of the molecule is COc1ccc(C(=O)Nc2cc(Cl)cc(Cl)c2)cc1COc1ccccc1OC. The number of hydrogen-bond acceptors (Lipinski definition) is 4. The molecule has 0 saturated heterocycles. The van der Waals surface area contributed by atoms with Crippen molar-refractivity contribution in [3.63, 3.8) is 0 Å². The molecule has 1 N–H and O–H groups in total. The Morgan fingerprint density at radius 2 is 1.52 bits per heavy atom. The Morgan fingerprint density at radius 3 is 2.17 bits per heavy atom.